The quantitative estimate of drug-likeness (QED) is 0.696. The number of fused-ring (bicyclic) bond motifs is 2. The van der Waals surface area contributed by atoms with E-state index < -0.39 is 0 Å². The number of nitrogens with zero attached hydrogens (tertiary/aromatic N) is 4. The van der Waals surface area contributed by atoms with Crippen LogP contribution in [0.15, 0.2) is 34.9 Å². The van der Waals surface area contributed by atoms with Crippen LogP contribution in [0.1, 0.15) is 43.6 Å². The molecular formula is C21H21N5O4. The SMILES string of the molecule is Cc1cc(C(=O)N2CCc3c(C(=O)N4CCOc5ccccc5C4)n[nH]c3C2)no1. The van der Waals surface area contributed by atoms with E-state index in [1.165, 1.54) is 0 Å². The standard InChI is InChI=1S/C21H21N5O4/c1-13-10-16(24-30-13)20(27)25-7-6-15-17(12-25)22-23-19(15)21(28)26-8-9-29-18-5-3-2-4-14(18)11-26/h2-5,10H,6-9,11-12H2,1H3,(H,22,23). The van der Waals surface area contributed by atoms with Crippen molar-refractivity contribution in [3.8, 4) is 5.75 Å². The van der Waals surface area contributed by atoms with Gasteiger partial charge in [0.1, 0.15) is 18.1 Å². The number of para-hydroxylation sites is 1. The molecule has 2 amide bonds. The molecule has 0 bridgehead atoms. The van der Waals surface area contributed by atoms with E-state index in [-0.39, 0.29) is 17.5 Å². The van der Waals surface area contributed by atoms with Crippen LogP contribution in [-0.2, 0) is 19.5 Å². The van der Waals surface area contributed by atoms with E-state index >= 15 is 0 Å². The molecule has 1 N–H and O–H groups in total. The van der Waals surface area contributed by atoms with Gasteiger partial charge in [0, 0.05) is 30.3 Å². The van der Waals surface area contributed by atoms with Gasteiger partial charge >= 0.3 is 0 Å². The lowest BCUT2D eigenvalue weighted by molar-refractivity contribution is 0.0719. The predicted octanol–water partition coefficient (Wildman–Crippen LogP) is 1.94. The summed E-state index contributed by atoms with van der Waals surface area (Å²) in [6.45, 7) is 4.00. The second-order valence-corrected chi connectivity index (χ2v) is 7.51. The fraction of sp³-hybridized carbons (Fsp3) is 0.333. The summed E-state index contributed by atoms with van der Waals surface area (Å²) in [6, 6.07) is 9.37. The summed E-state index contributed by atoms with van der Waals surface area (Å²) in [7, 11) is 0. The molecule has 30 heavy (non-hydrogen) atoms. The van der Waals surface area contributed by atoms with Gasteiger partial charge in [0.05, 0.1) is 18.8 Å². The maximum atomic E-state index is 13.2. The number of aromatic amines is 1. The van der Waals surface area contributed by atoms with Crippen LogP contribution in [0.4, 0.5) is 0 Å². The first-order valence-corrected chi connectivity index (χ1v) is 9.89. The first kappa shape index (κ1) is 18.4. The van der Waals surface area contributed by atoms with Crippen molar-refractivity contribution >= 4 is 11.8 Å². The molecule has 0 radical (unpaired) electrons. The molecule has 154 valence electrons. The van der Waals surface area contributed by atoms with Crippen molar-refractivity contribution in [2.75, 3.05) is 19.7 Å². The molecule has 0 saturated heterocycles. The van der Waals surface area contributed by atoms with Gasteiger partial charge in [-0.05, 0) is 19.4 Å². The number of aryl methyl sites for hydroxylation is 1. The Morgan fingerprint density at radius 1 is 1.10 bits per heavy atom. The summed E-state index contributed by atoms with van der Waals surface area (Å²) in [4.78, 5) is 29.3. The average molecular weight is 407 g/mol. The zero-order chi connectivity index (χ0) is 20.7. The number of hydrogen-bond donors (Lipinski definition) is 1. The summed E-state index contributed by atoms with van der Waals surface area (Å²) in [5.41, 5.74) is 3.35. The van der Waals surface area contributed by atoms with Crippen LogP contribution in [0, 0.1) is 6.92 Å². The lowest BCUT2D eigenvalue weighted by Gasteiger charge is -2.26. The van der Waals surface area contributed by atoms with E-state index in [0.29, 0.717) is 50.7 Å². The topological polar surface area (TPSA) is 105 Å². The van der Waals surface area contributed by atoms with E-state index in [4.69, 9.17) is 9.26 Å². The van der Waals surface area contributed by atoms with Crippen LogP contribution in [0.2, 0.25) is 0 Å². The summed E-state index contributed by atoms with van der Waals surface area (Å²) < 4.78 is 10.8. The van der Waals surface area contributed by atoms with Crippen molar-refractivity contribution < 1.29 is 18.8 Å². The molecule has 0 unspecified atom stereocenters. The maximum absolute atomic E-state index is 13.2. The molecule has 2 aliphatic rings. The van der Waals surface area contributed by atoms with Crippen molar-refractivity contribution in [1.82, 2.24) is 25.2 Å². The Morgan fingerprint density at radius 2 is 1.93 bits per heavy atom. The molecule has 0 atom stereocenters. The van der Waals surface area contributed by atoms with Crippen LogP contribution in [0.3, 0.4) is 0 Å². The minimum Gasteiger partial charge on any atom is -0.491 e. The van der Waals surface area contributed by atoms with Gasteiger partial charge in [-0.15, -0.1) is 0 Å². The monoisotopic (exact) mass is 407 g/mol. The average Bonchev–Trinajstić information content (AvgIpc) is 3.32. The van der Waals surface area contributed by atoms with E-state index in [9.17, 15) is 9.59 Å². The third-order valence-corrected chi connectivity index (χ3v) is 5.51. The molecule has 1 aromatic carbocycles. The third-order valence-electron chi connectivity index (χ3n) is 5.51. The van der Waals surface area contributed by atoms with Crippen molar-refractivity contribution in [2.45, 2.75) is 26.4 Å². The largest absolute Gasteiger partial charge is 0.491 e. The highest BCUT2D eigenvalue weighted by Gasteiger charge is 2.31. The second kappa shape index (κ2) is 7.33. The van der Waals surface area contributed by atoms with Gasteiger partial charge in [-0.3, -0.25) is 14.7 Å². The highest BCUT2D eigenvalue weighted by atomic mass is 16.5. The van der Waals surface area contributed by atoms with Crippen LogP contribution < -0.4 is 4.74 Å². The number of aromatic nitrogens is 3. The summed E-state index contributed by atoms with van der Waals surface area (Å²) in [5, 5.41) is 11.1. The van der Waals surface area contributed by atoms with Crippen LogP contribution in [0.5, 0.6) is 5.75 Å². The molecular weight excluding hydrogens is 386 g/mol. The minimum absolute atomic E-state index is 0.125. The van der Waals surface area contributed by atoms with Crippen molar-refractivity contribution in [1.29, 1.82) is 0 Å². The number of nitrogens with one attached hydrogen (secondary N) is 1. The molecule has 4 heterocycles. The molecule has 2 aromatic heterocycles. The Labute approximate surface area is 172 Å². The molecule has 9 nitrogen and oxygen atoms in total. The van der Waals surface area contributed by atoms with Crippen molar-refractivity contribution in [2.24, 2.45) is 0 Å². The molecule has 0 spiro atoms. The van der Waals surface area contributed by atoms with E-state index in [1.54, 1.807) is 22.8 Å². The predicted molar refractivity (Wildman–Crippen MR) is 105 cm³/mol. The number of carbonyl (C=O) groups excluding carboxylic acids is 2. The fourth-order valence-corrected chi connectivity index (χ4v) is 3.95. The number of benzene rings is 1. The highest BCUT2D eigenvalue weighted by molar-refractivity contribution is 5.95. The van der Waals surface area contributed by atoms with Gasteiger partial charge in [-0.25, -0.2) is 0 Å². The lowest BCUT2D eigenvalue weighted by Crippen LogP contribution is -2.37. The smallest absolute Gasteiger partial charge is 0.276 e. The zero-order valence-corrected chi connectivity index (χ0v) is 16.6. The van der Waals surface area contributed by atoms with Gasteiger partial charge in [0.15, 0.2) is 11.4 Å². The molecule has 0 saturated carbocycles. The number of carbonyl (C=O) groups is 2. The second-order valence-electron chi connectivity index (χ2n) is 7.51. The number of amides is 2. The molecule has 0 aliphatic carbocycles. The fourth-order valence-electron chi connectivity index (χ4n) is 3.95. The normalized spacial score (nSPS) is 15.8. The van der Waals surface area contributed by atoms with Gasteiger partial charge in [0.2, 0.25) is 0 Å². The maximum Gasteiger partial charge on any atom is 0.276 e. The first-order chi connectivity index (χ1) is 14.6. The Kier molecular flexibility index (Phi) is 4.50. The minimum atomic E-state index is -0.193. The van der Waals surface area contributed by atoms with E-state index in [0.717, 1.165) is 22.6 Å². The van der Waals surface area contributed by atoms with Crippen LogP contribution >= 0.6 is 0 Å². The molecule has 2 aliphatic heterocycles. The van der Waals surface area contributed by atoms with E-state index in [1.807, 2.05) is 24.3 Å². The zero-order valence-electron chi connectivity index (χ0n) is 16.6. The lowest BCUT2D eigenvalue weighted by atomic mass is 10.0. The number of hydrogen-bond acceptors (Lipinski definition) is 6. The summed E-state index contributed by atoms with van der Waals surface area (Å²) >= 11 is 0. The Bertz CT molecular complexity index is 1120. The molecule has 3 aromatic rings. The number of rotatable bonds is 2. The van der Waals surface area contributed by atoms with Crippen LogP contribution in [0.25, 0.3) is 0 Å². The summed E-state index contributed by atoms with van der Waals surface area (Å²) in [5.74, 6) is 1.09. The van der Waals surface area contributed by atoms with E-state index in [2.05, 4.69) is 15.4 Å². The van der Waals surface area contributed by atoms with Gasteiger partial charge in [-0.2, -0.15) is 5.10 Å². The molecule has 0 fully saturated rings. The number of H-pyrrole nitrogens is 1. The highest BCUT2D eigenvalue weighted by Crippen LogP contribution is 2.26. The van der Waals surface area contributed by atoms with Crippen LogP contribution in [-0.4, -0.2) is 56.7 Å². The molecule has 5 rings (SSSR count). The Hall–Kier alpha value is -3.62. The van der Waals surface area contributed by atoms with Crippen molar-refractivity contribution in [3.63, 3.8) is 0 Å². The van der Waals surface area contributed by atoms with Gasteiger partial charge < -0.3 is 19.1 Å². The molecule has 9 heteroatoms. The first-order valence-electron chi connectivity index (χ1n) is 9.89. The number of ether oxygens (including phenoxy) is 1. The Morgan fingerprint density at radius 3 is 2.77 bits per heavy atom. The Balaban J connectivity index is 1.34. The van der Waals surface area contributed by atoms with Crippen molar-refractivity contribution in [3.05, 3.63) is 64.3 Å². The third kappa shape index (κ3) is 3.22. The van der Waals surface area contributed by atoms with Gasteiger partial charge in [-0.1, -0.05) is 23.4 Å². The van der Waals surface area contributed by atoms with Gasteiger partial charge in [0.25, 0.3) is 11.8 Å². The summed E-state index contributed by atoms with van der Waals surface area (Å²) in [6.07, 6.45) is 0.552.